The first-order valence-electron chi connectivity index (χ1n) is 8.94. The molecule has 1 saturated carbocycles. The van der Waals surface area contributed by atoms with Gasteiger partial charge in [0.1, 0.15) is 6.33 Å². The number of rotatable bonds is 7. The lowest BCUT2D eigenvalue weighted by molar-refractivity contribution is -0.137. The van der Waals surface area contributed by atoms with E-state index in [1.54, 1.807) is 29.1 Å². The van der Waals surface area contributed by atoms with Gasteiger partial charge in [-0.25, -0.2) is 0 Å². The molecule has 0 saturated heterocycles. The number of hydrogen-bond donors (Lipinski definition) is 2. The summed E-state index contributed by atoms with van der Waals surface area (Å²) in [5, 5.41) is 19.7. The van der Waals surface area contributed by atoms with Gasteiger partial charge in [-0.15, -0.1) is 10.2 Å². The second-order valence-electron chi connectivity index (χ2n) is 6.86. The third kappa shape index (κ3) is 4.78. The third-order valence-corrected chi connectivity index (χ3v) is 4.94. The van der Waals surface area contributed by atoms with Gasteiger partial charge in [0.25, 0.3) is 5.91 Å². The van der Waals surface area contributed by atoms with E-state index in [0.29, 0.717) is 23.5 Å². The van der Waals surface area contributed by atoms with Crippen molar-refractivity contribution >= 4 is 17.5 Å². The molecule has 0 unspecified atom stereocenters. The van der Waals surface area contributed by atoms with Crippen molar-refractivity contribution in [2.24, 2.45) is 5.92 Å². The summed E-state index contributed by atoms with van der Waals surface area (Å²) in [6.45, 7) is 0. The molecule has 7 heteroatoms. The molecule has 2 heterocycles. The lowest BCUT2D eigenvalue weighted by Gasteiger charge is -2.27. The first-order valence-corrected chi connectivity index (χ1v) is 8.94. The van der Waals surface area contributed by atoms with Crippen LogP contribution < -0.4 is 5.32 Å². The molecular weight excluding hydrogens is 320 g/mol. The highest BCUT2D eigenvalue weighted by Crippen LogP contribution is 2.28. The lowest BCUT2D eigenvalue weighted by Crippen LogP contribution is -2.37. The van der Waals surface area contributed by atoms with Crippen LogP contribution >= 0.6 is 0 Å². The number of carboxylic acids is 1. The van der Waals surface area contributed by atoms with Crippen LogP contribution in [0, 0.1) is 5.92 Å². The normalized spacial score (nSPS) is 16.6. The van der Waals surface area contributed by atoms with Crippen LogP contribution in [0.2, 0.25) is 0 Å². The van der Waals surface area contributed by atoms with Gasteiger partial charge in [0, 0.05) is 18.7 Å². The second kappa shape index (κ2) is 8.09. The standard InChI is InChI=1S/C18H24N4O3/c23-17(24)9-7-15(10-13-4-2-1-3-5-13)20-18(25)14-6-8-16-21-19-12-22(16)11-14/h6,8,11-13,15H,1-5,7,9-10H2,(H,20,25)(H,23,24)/t15-/m0/s1. The van der Waals surface area contributed by atoms with Crippen molar-refractivity contribution in [2.45, 2.75) is 57.4 Å². The van der Waals surface area contributed by atoms with E-state index in [1.165, 1.54) is 32.1 Å². The van der Waals surface area contributed by atoms with Gasteiger partial charge in [-0.3, -0.25) is 14.0 Å². The molecule has 134 valence electrons. The van der Waals surface area contributed by atoms with E-state index in [9.17, 15) is 9.59 Å². The fourth-order valence-corrected chi connectivity index (χ4v) is 3.60. The van der Waals surface area contributed by atoms with Crippen LogP contribution in [0.4, 0.5) is 0 Å². The van der Waals surface area contributed by atoms with Crippen molar-refractivity contribution in [2.75, 3.05) is 0 Å². The van der Waals surface area contributed by atoms with Crippen LogP contribution in [0.25, 0.3) is 5.65 Å². The summed E-state index contributed by atoms with van der Waals surface area (Å²) in [5.41, 5.74) is 1.21. The van der Waals surface area contributed by atoms with Crippen LogP contribution in [0.1, 0.15) is 61.7 Å². The monoisotopic (exact) mass is 344 g/mol. The Morgan fingerprint density at radius 2 is 2.08 bits per heavy atom. The van der Waals surface area contributed by atoms with E-state index in [4.69, 9.17) is 5.11 Å². The van der Waals surface area contributed by atoms with Gasteiger partial charge >= 0.3 is 5.97 Å². The number of carbonyl (C=O) groups excluding carboxylic acids is 1. The molecule has 0 radical (unpaired) electrons. The molecule has 0 aliphatic heterocycles. The third-order valence-electron chi connectivity index (χ3n) is 4.94. The molecule has 1 aliphatic rings. The van der Waals surface area contributed by atoms with E-state index in [0.717, 1.165) is 6.42 Å². The molecule has 0 spiro atoms. The molecule has 1 aliphatic carbocycles. The number of carboxylic acid groups (broad SMARTS) is 1. The fraction of sp³-hybridized carbons (Fsp3) is 0.556. The van der Waals surface area contributed by atoms with E-state index < -0.39 is 5.97 Å². The highest BCUT2D eigenvalue weighted by molar-refractivity contribution is 5.94. The number of carbonyl (C=O) groups is 2. The molecule has 2 N–H and O–H groups in total. The van der Waals surface area contributed by atoms with E-state index in [2.05, 4.69) is 15.5 Å². The maximum Gasteiger partial charge on any atom is 0.303 e. The molecular formula is C18H24N4O3. The summed E-state index contributed by atoms with van der Waals surface area (Å²) in [6, 6.07) is 3.35. The summed E-state index contributed by atoms with van der Waals surface area (Å²) >= 11 is 0. The van der Waals surface area contributed by atoms with Crippen LogP contribution in [-0.4, -0.2) is 37.6 Å². The Labute approximate surface area is 146 Å². The Morgan fingerprint density at radius 3 is 2.84 bits per heavy atom. The van der Waals surface area contributed by atoms with Gasteiger partial charge < -0.3 is 10.4 Å². The Hall–Kier alpha value is -2.44. The van der Waals surface area contributed by atoms with Crippen molar-refractivity contribution < 1.29 is 14.7 Å². The van der Waals surface area contributed by atoms with Gasteiger partial charge in [0.05, 0.1) is 5.56 Å². The van der Waals surface area contributed by atoms with Gasteiger partial charge in [0.15, 0.2) is 5.65 Å². The topological polar surface area (TPSA) is 96.6 Å². The number of amides is 1. The van der Waals surface area contributed by atoms with Crippen LogP contribution in [-0.2, 0) is 4.79 Å². The molecule has 0 aromatic carbocycles. The highest BCUT2D eigenvalue weighted by Gasteiger charge is 2.22. The van der Waals surface area contributed by atoms with Crippen molar-refractivity contribution in [3.8, 4) is 0 Å². The number of nitrogens with zero attached hydrogens (tertiary/aromatic N) is 3. The lowest BCUT2D eigenvalue weighted by atomic mass is 9.84. The molecule has 1 amide bonds. The smallest absolute Gasteiger partial charge is 0.303 e. The van der Waals surface area contributed by atoms with E-state index >= 15 is 0 Å². The summed E-state index contributed by atoms with van der Waals surface area (Å²) < 4.78 is 1.70. The minimum Gasteiger partial charge on any atom is -0.481 e. The fourth-order valence-electron chi connectivity index (χ4n) is 3.60. The Balaban J connectivity index is 1.66. The molecule has 3 rings (SSSR count). The first-order chi connectivity index (χ1) is 12.1. The Kier molecular flexibility index (Phi) is 5.63. The average molecular weight is 344 g/mol. The molecule has 25 heavy (non-hydrogen) atoms. The zero-order chi connectivity index (χ0) is 17.6. The Morgan fingerprint density at radius 1 is 1.28 bits per heavy atom. The van der Waals surface area contributed by atoms with Crippen LogP contribution in [0.15, 0.2) is 24.7 Å². The van der Waals surface area contributed by atoms with Gasteiger partial charge in [-0.05, 0) is 30.9 Å². The van der Waals surface area contributed by atoms with E-state index in [-0.39, 0.29) is 18.4 Å². The van der Waals surface area contributed by atoms with Crippen LogP contribution in [0.3, 0.4) is 0 Å². The number of aliphatic carboxylic acids is 1. The molecule has 1 atom stereocenters. The summed E-state index contributed by atoms with van der Waals surface area (Å²) in [5.74, 6) is -0.427. The van der Waals surface area contributed by atoms with Crippen molar-refractivity contribution in [1.82, 2.24) is 19.9 Å². The van der Waals surface area contributed by atoms with Gasteiger partial charge in [-0.1, -0.05) is 32.1 Å². The molecule has 2 aromatic rings. The average Bonchev–Trinajstić information content (AvgIpc) is 3.08. The summed E-state index contributed by atoms with van der Waals surface area (Å²) in [4.78, 5) is 23.5. The minimum absolute atomic E-state index is 0.0716. The van der Waals surface area contributed by atoms with Gasteiger partial charge in [-0.2, -0.15) is 0 Å². The number of pyridine rings is 1. The highest BCUT2D eigenvalue weighted by atomic mass is 16.4. The zero-order valence-corrected chi connectivity index (χ0v) is 14.2. The summed E-state index contributed by atoms with van der Waals surface area (Å²) in [6.07, 6.45) is 10.7. The minimum atomic E-state index is -0.825. The van der Waals surface area contributed by atoms with Crippen molar-refractivity contribution in [3.05, 3.63) is 30.2 Å². The number of aromatic nitrogens is 3. The zero-order valence-electron chi connectivity index (χ0n) is 14.2. The SMILES string of the molecule is O=C(O)CC[C@@H](CC1CCCCC1)NC(=O)c1ccc2nncn2c1. The van der Waals surface area contributed by atoms with Crippen LogP contribution in [0.5, 0.6) is 0 Å². The largest absolute Gasteiger partial charge is 0.481 e. The van der Waals surface area contributed by atoms with Gasteiger partial charge in [0.2, 0.25) is 0 Å². The number of fused-ring (bicyclic) bond motifs is 1. The number of hydrogen-bond acceptors (Lipinski definition) is 4. The predicted molar refractivity (Wildman–Crippen MR) is 92.3 cm³/mol. The van der Waals surface area contributed by atoms with Crippen molar-refractivity contribution in [3.63, 3.8) is 0 Å². The van der Waals surface area contributed by atoms with Crippen molar-refractivity contribution in [1.29, 1.82) is 0 Å². The maximum absolute atomic E-state index is 12.6. The second-order valence-corrected chi connectivity index (χ2v) is 6.86. The quantitative estimate of drug-likeness (QED) is 0.805. The molecule has 1 fully saturated rings. The van der Waals surface area contributed by atoms with E-state index in [1.807, 2.05) is 0 Å². The predicted octanol–water partition coefficient (Wildman–Crippen LogP) is 2.66. The molecule has 2 aromatic heterocycles. The summed E-state index contributed by atoms with van der Waals surface area (Å²) in [7, 11) is 0. The first kappa shape index (κ1) is 17.4. The Bertz CT molecular complexity index is 737. The molecule has 0 bridgehead atoms. The number of nitrogens with one attached hydrogen (secondary N) is 1. The molecule has 7 nitrogen and oxygen atoms in total. The maximum atomic E-state index is 12.6.